The third-order valence-corrected chi connectivity index (χ3v) is 2.53. The quantitative estimate of drug-likeness (QED) is 0.792. The van der Waals surface area contributed by atoms with Crippen molar-refractivity contribution in [3.05, 3.63) is 35.9 Å². The summed E-state index contributed by atoms with van der Waals surface area (Å²) in [5, 5.41) is 3.16. The lowest BCUT2D eigenvalue weighted by Crippen LogP contribution is -2.47. The molecule has 3 heteroatoms. The Hall–Kier alpha value is -1.19. The number of ether oxygens (including phenoxy) is 1. The molecule has 0 radical (unpaired) electrons. The SMILES string of the molecule is O=C(Cc1ccccc1)C1COCCN1. The summed E-state index contributed by atoms with van der Waals surface area (Å²) in [6.07, 6.45) is 0.488. The minimum absolute atomic E-state index is 0.126. The van der Waals surface area contributed by atoms with Crippen LogP contribution in [0.2, 0.25) is 0 Å². The van der Waals surface area contributed by atoms with Crippen LogP contribution in [0.1, 0.15) is 5.56 Å². The van der Waals surface area contributed by atoms with Gasteiger partial charge in [-0.05, 0) is 5.56 Å². The van der Waals surface area contributed by atoms with Crippen molar-refractivity contribution in [1.82, 2.24) is 5.32 Å². The van der Waals surface area contributed by atoms with E-state index in [4.69, 9.17) is 4.74 Å². The molecule has 1 atom stereocenters. The summed E-state index contributed by atoms with van der Waals surface area (Å²) in [5.41, 5.74) is 1.06. The summed E-state index contributed by atoms with van der Waals surface area (Å²) >= 11 is 0. The van der Waals surface area contributed by atoms with E-state index in [1.807, 2.05) is 30.3 Å². The number of Topliss-reactive ketones (excluding diaryl/α,β-unsaturated/α-hetero) is 1. The molecule has 1 saturated heterocycles. The zero-order valence-corrected chi connectivity index (χ0v) is 8.61. The lowest BCUT2D eigenvalue weighted by molar-refractivity contribution is -0.123. The van der Waals surface area contributed by atoms with Gasteiger partial charge >= 0.3 is 0 Å². The fourth-order valence-corrected chi connectivity index (χ4v) is 1.69. The molecule has 1 aromatic carbocycles. The Morgan fingerprint density at radius 2 is 2.20 bits per heavy atom. The summed E-state index contributed by atoms with van der Waals surface area (Å²) in [7, 11) is 0. The average Bonchev–Trinajstić information content (AvgIpc) is 2.31. The third kappa shape index (κ3) is 2.88. The van der Waals surface area contributed by atoms with Crippen molar-refractivity contribution in [2.24, 2.45) is 0 Å². The number of carbonyl (C=O) groups excluding carboxylic acids is 1. The van der Waals surface area contributed by atoms with Crippen LogP contribution in [0.25, 0.3) is 0 Å². The monoisotopic (exact) mass is 205 g/mol. The summed E-state index contributed by atoms with van der Waals surface area (Å²) in [5.74, 6) is 0.209. The number of hydrogen-bond acceptors (Lipinski definition) is 3. The van der Waals surface area contributed by atoms with E-state index in [9.17, 15) is 4.79 Å². The molecule has 15 heavy (non-hydrogen) atoms. The highest BCUT2D eigenvalue weighted by Crippen LogP contribution is 2.04. The van der Waals surface area contributed by atoms with Crippen LogP contribution < -0.4 is 5.32 Å². The van der Waals surface area contributed by atoms with E-state index in [-0.39, 0.29) is 11.8 Å². The Morgan fingerprint density at radius 1 is 1.40 bits per heavy atom. The van der Waals surface area contributed by atoms with Gasteiger partial charge in [0, 0.05) is 13.0 Å². The van der Waals surface area contributed by atoms with Crippen molar-refractivity contribution in [3.63, 3.8) is 0 Å². The van der Waals surface area contributed by atoms with Crippen molar-refractivity contribution < 1.29 is 9.53 Å². The molecule has 1 N–H and O–H groups in total. The lowest BCUT2D eigenvalue weighted by Gasteiger charge is -2.22. The zero-order chi connectivity index (χ0) is 10.5. The summed E-state index contributed by atoms with van der Waals surface area (Å²) in [4.78, 5) is 11.8. The smallest absolute Gasteiger partial charge is 0.156 e. The Balaban J connectivity index is 1.91. The molecule has 0 aromatic heterocycles. The Kier molecular flexibility index (Phi) is 3.48. The largest absolute Gasteiger partial charge is 0.378 e. The number of morpholine rings is 1. The van der Waals surface area contributed by atoms with Crippen molar-refractivity contribution in [1.29, 1.82) is 0 Å². The average molecular weight is 205 g/mol. The van der Waals surface area contributed by atoms with Gasteiger partial charge in [-0.25, -0.2) is 0 Å². The molecule has 2 rings (SSSR count). The number of carbonyl (C=O) groups is 1. The molecule has 0 spiro atoms. The first-order chi connectivity index (χ1) is 7.36. The van der Waals surface area contributed by atoms with Crippen molar-refractivity contribution in [3.8, 4) is 0 Å². The summed E-state index contributed by atoms with van der Waals surface area (Å²) in [6.45, 7) is 1.98. The predicted molar refractivity (Wildman–Crippen MR) is 57.8 cm³/mol. The molecule has 0 saturated carbocycles. The highest BCUT2D eigenvalue weighted by Gasteiger charge is 2.20. The number of nitrogens with one attached hydrogen (secondary N) is 1. The maximum atomic E-state index is 11.8. The van der Waals surface area contributed by atoms with Gasteiger partial charge in [0.1, 0.15) is 0 Å². The van der Waals surface area contributed by atoms with E-state index in [1.54, 1.807) is 0 Å². The number of ketones is 1. The van der Waals surface area contributed by atoms with Gasteiger partial charge in [-0.2, -0.15) is 0 Å². The molecule has 0 amide bonds. The van der Waals surface area contributed by atoms with Crippen LogP contribution in [-0.2, 0) is 16.0 Å². The minimum Gasteiger partial charge on any atom is -0.378 e. The topological polar surface area (TPSA) is 38.3 Å². The van der Waals surface area contributed by atoms with Gasteiger partial charge in [0.05, 0.1) is 19.3 Å². The van der Waals surface area contributed by atoms with Crippen LogP contribution in [0, 0.1) is 0 Å². The zero-order valence-electron chi connectivity index (χ0n) is 8.61. The number of benzene rings is 1. The molecule has 0 aliphatic carbocycles. The highest BCUT2D eigenvalue weighted by atomic mass is 16.5. The number of rotatable bonds is 3. The molecule has 1 aliphatic heterocycles. The lowest BCUT2D eigenvalue weighted by atomic mass is 10.0. The van der Waals surface area contributed by atoms with Gasteiger partial charge in [0.25, 0.3) is 0 Å². The van der Waals surface area contributed by atoms with Crippen LogP contribution >= 0.6 is 0 Å². The number of hydrogen-bond donors (Lipinski definition) is 1. The molecule has 3 nitrogen and oxygen atoms in total. The maximum Gasteiger partial charge on any atom is 0.156 e. The van der Waals surface area contributed by atoms with Crippen molar-refractivity contribution in [2.45, 2.75) is 12.5 Å². The normalized spacial score (nSPS) is 21.2. The van der Waals surface area contributed by atoms with Gasteiger partial charge in [-0.1, -0.05) is 30.3 Å². The van der Waals surface area contributed by atoms with E-state index < -0.39 is 0 Å². The third-order valence-electron chi connectivity index (χ3n) is 2.53. The molecule has 1 aromatic rings. The Morgan fingerprint density at radius 3 is 2.87 bits per heavy atom. The van der Waals surface area contributed by atoms with Gasteiger partial charge in [-0.3, -0.25) is 4.79 Å². The van der Waals surface area contributed by atoms with E-state index in [2.05, 4.69) is 5.32 Å². The second kappa shape index (κ2) is 5.05. The standard InChI is InChI=1S/C12H15NO2/c14-12(11-9-15-7-6-13-11)8-10-4-2-1-3-5-10/h1-5,11,13H,6-9H2. The second-order valence-corrected chi connectivity index (χ2v) is 3.71. The highest BCUT2D eigenvalue weighted by molar-refractivity contribution is 5.86. The van der Waals surface area contributed by atoms with Crippen LogP contribution in [0.3, 0.4) is 0 Å². The minimum atomic E-state index is -0.126. The molecule has 1 unspecified atom stereocenters. The molecule has 80 valence electrons. The van der Waals surface area contributed by atoms with E-state index >= 15 is 0 Å². The van der Waals surface area contributed by atoms with Crippen molar-refractivity contribution in [2.75, 3.05) is 19.8 Å². The fourth-order valence-electron chi connectivity index (χ4n) is 1.69. The maximum absolute atomic E-state index is 11.8. The van der Waals surface area contributed by atoms with E-state index in [0.29, 0.717) is 19.6 Å². The molecular weight excluding hydrogens is 190 g/mol. The van der Waals surface area contributed by atoms with Crippen LogP contribution in [0.4, 0.5) is 0 Å². The first-order valence-corrected chi connectivity index (χ1v) is 5.24. The summed E-state index contributed by atoms with van der Waals surface area (Å²) < 4.78 is 5.26. The van der Waals surface area contributed by atoms with E-state index in [0.717, 1.165) is 12.1 Å². The Bertz CT molecular complexity index is 318. The van der Waals surface area contributed by atoms with Crippen LogP contribution in [0.5, 0.6) is 0 Å². The first-order valence-electron chi connectivity index (χ1n) is 5.24. The second-order valence-electron chi connectivity index (χ2n) is 3.71. The molecule has 1 heterocycles. The predicted octanol–water partition coefficient (Wildman–Crippen LogP) is 0.787. The fraction of sp³-hybridized carbons (Fsp3) is 0.417. The Labute approximate surface area is 89.4 Å². The van der Waals surface area contributed by atoms with Crippen LogP contribution in [0.15, 0.2) is 30.3 Å². The molecule has 0 bridgehead atoms. The van der Waals surface area contributed by atoms with Gasteiger partial charge < -0.3 is 10.1 Å². The van der Waals surface area contributed by atoms with Crippen molar-refractivity contribution >= 4 is 5.78 Å². The van der Waals surface area contributed by atoms with Gasteiger partial charge in [0.2, 0.25) is 0 Å². The summed E-state index contributed by atoms with van der Waals surface area (Å²) in [6, 6.07) is 9.68. The van der Waals surface area contributed by atoms with Gasteiger partial charge in [0.15, 0.2) is 5.78 Å². The van der Waals surface area contributed by atoms with Gasteiger partial charge in [-0.15, -0.1) is 0 Å². The van der Waals surface area contributed by atoms with Crippen LogP contribution in [-0.4, -0.2) is 31.6 Å². The molecule has 1 aliphatic rings. The first kappa shape index (κ1) is 10.3. The molecule has 1 fully saturated rings. The molecular formula is C12H15NO2. The van der Waals surface area contributed by atoms with E-state index in [1.165, 1.54) is 0 Å².